The lowest BCUT2D eigenvalue weighted by atomic mass is 10.1. The van der Waals surface area contributed by atoms with Gasteiger partial charge in [0.2, 0.25) is 0 Å². The van der Waals surface area contributed by atoms with Gasteiger partial charge in [-0.3, -0.25) is 4.98 Å². The number of benzene rings is 2. The first kappa shape index (κ1) is 12.0. The van der Waals surface area contributed by atoms with Gasteiger partial charge >= 0.3 is 0 Å². The topological polar surface area (TPSA) is 50.9 Å². The highest BCUT2D eigenvalue weighted by Gasteiger charge is 2.06. The predicted molar refractivity (Wildman–Crippen MR) is 83.6 cm³/mol. The van der Waals surface area contributed by atoms with E-state index in [2.05, 4.69) is 26.2 Å². The molecule has 0 aliphatic carbocycles. The fourth-order valence-electron chi connectivity index (χ4n) is 1.99. The molecule has 0 atom stereocenters. The molecule has 0 radical (unpaired) electrons. The number of hydrogen-bond acceptors (Lipinski definition) is 3. The van der Waals surface area contributed by atoms with Gasteiger partial charge in [0.25, 0.3) is 0 Å². The molecule has 0 spiro atoms. The Morgan fingerprint density at radius 1 is 1.05 bits per heavy atom. The van der Waals surface area contributed by atoms with E-state index < -0.39 is 0 Å². The molecule has 0 bridgehead atoms. The third-order valence-electron chi connectivity index (χ3n) is 2.90. The number of nitrogen functional groups attached to an aromatic ring is 1. The summed E-state index contributed by atoms with van der Waals surface area (Å²) in [7, 11) is 0. The van der Waals surface area contributed by atoms with Crippen LogP contribution in [0, 0.1) is 0 Å². The third kappa shape index (κ3) is 2.39. The number of nitrogens with one attached hydrogen (secondary N) is 1. The number of aromatic nitrogens is 1. The van der Waals surface area contributed by atoms with Crippen LogP contribution in [0.25, 0.3) is 10.9 Å². The first-order valence-electron chi connectivity index (χ1n) is 5.90. The van der Waals surface area contributed by atoms with E-state index in [1.807, 2.05) is 48.5 Å². The number of halogens is 1. The molecule has 94 valence electrons. The smallest absolute Gasteiger partial charge is 0.0958 e. The van der Waals surface area contributed by atoms with Crippen molar-refractivity contribution in [3.63, 3.8) is 0 Å². The van der Waals surface area contributed by atoms with Crippen molar-refractivity contribution in [3.05, 3.63) is 59.2 Å². The molecule has 0 saturated heterocycles. The van der Waals surface area contributed by atoms with Gasteiger partial charge in [-0.1, -0.05) is 18.2 Å². The van der Waals surface area contributed by atoms with Crippen molar-refractivity contribution >= 4 is 43.9 Å². The minimum Gasteiger partial charge on any atom is -0.398 e. The zero-order chi connectivity index (χ0) is 13.2. The molecule has 3 rings (SSSR count). The van der Waals surface area contributed by atoms with E-state index in [4.69, 9.17) is 5.73 Å². The summed E-state index contributed by atoms with van der Waals surface area (Å²) < 4.78 is 0.920. The molecule has 0 amide bonds. The lowest BCUT2D eigenvalue weighted by Gasteiger charge is -2.10. The summed E-state index contributed by atoms with van der Waals surface area (Å²) in [6.45, 7) is 0. The quantitative estimate of drug-likeness (QED) is 0.693. The van der Waals surface area contributed by atoms with Crippen molar-refractivity contribution in [3.8, 4) is 0 Å². The van der Waals surface area contributed by atoms with Crippen LogP contribution in [0.5, 0.6) is 0 Å². The van der Waals surface area contributed by atoms with Gasteiger partial charge in [0.15, 0.2) is 0 Å². The minimum absolute atomic E-state index is 0.724. The van der Waals surface area contributed by atoms with Crippen molar-refractivity contribution in [1.82, 2.24) is 4.98 Å². The van der Waals surface area contributed by atoms with Gasteiger partial charge in [-0.05, 0) is 46.3 Å². The van der Waals surface area contributed by atoms with E-state index in [1.165, 1.54) is 0 Å². The summed E-state index contributed by atoms with van der Waals surface area (Å²) in [6, 6.07) is 15.8. The second kappa shape index (κ2) is 4.90. The van der Waals surface area contributed by atoms with Gasteiger partial charge in [0.1, 0.15) is 0 Å². The van der Waals surface area contributed by atoms with Crippen LogP contribution in [0.4, 0.5) is 17.1 Å². The average molecular weight is 314 g/mol. The Bertz CT molecular complexity index is 726. The fraction of sp³-hybridized carbons (Fsp3) is 0. The molecule has 0 fully saturated rings. The van der Waals surface area contributed by atoms with Crippen LogP contribution in [-0.2, 0) is 0 Å². The Morgan fingerprint density at radius 3 is 2.63 bits per heavy atom. The molecule has 3 aromatic rings. The van der Waals surface area contributed by atoms with Crippen molar-refractivity contribution in [2.24, 2.45) is 0 Å². The molecule has 1 aromatic heterocycles. The van der Waals surface area contributed by atoms with E-state index >= 15 is 0 Å². The van der Waals surface area contributed by atoms with Crippen molar-refractivity contribution in [2.75, 3.05) is 11.1 Å². The van der Waals surface area contributed by atoms with Gasteiger partial charge in [0.05, 0.1) is 11.2 Å². The third-order valence-corrected chi connectivity index (χ3v) is 3.34. The maximum absolute atomic E-state index is 6.00. The van der Waals surface area contributed by atoms with Crippen LogP contribution < -0.4 is 11.1 Å². The molecule has 3 N–H and O–H groups in total. The molecule has 0 aliphatic heterocycles. The lowest BCUT2D eigenvalue weighted by molar-refractivity contribution is 1.38. The van der Waals surface area contributed by atoms with Crippen molar-refractivity contribution in [1.29, 1.82) is 0 Å². The van der Waals surface area contributed by atoms with Gasteiger partial charge < -0.3 is 11.1 Å². The van der Waals surface area contributed by atoms with E-state index in [9.17, 15) is 0 Å². The van der Waals surface area contributed by atoms with Crippen LogP contribution >= 0.6 is 15.9 Å². The van der Waals surface area contributed by atoms with E-state index in [-0.39, 0.29) is 0 Å². The molecule has 3 nitrogen and oxygen atoms in total. The monoisotopic (exact) mass is 313 g/mol. The standard InChI is InChI=1S/C15H12BrN3/c16-10-8-12-13(17)6-7-14(15(12)18-9-10)19-11-4-2-1-3-5-11/h1-9,19H,17H2. The molecule has 4 heteroatoms. The summed E-state index contributed by atoms with van der Waals surface area (Å²) in [5.74, 6) is 0. The summed E-state index contributed by atoms with van der Waals surface area (Å²) >= 11 is 3.42. The van der Waals surface area contributed by atoms with Crippen molar-refractivity contribution in [2.45, 2.75) is 0 Å². The number of fused-ring (bicyclic) bond motifs is 1. The summed E-state index contributed by atoms with van der Waals surface area (Å²) in [5.41, 5.74) is 9.56. The van der Waals surface area contributed by atoms with E-state index in [1.54, 1.807) is 6.20 Å². The number of rotatable bonds is 2. The van der Waals surface area contributed by atoms with Crippen LogP contribution in [0.2, 0.25) is 0 Å². The predicted octanol–water partition coefficient (Wildman–Crippen LogP) is 4.32. The number of para-hydroxylation sites is 1. The Kier molecular flexibility index (Phi) is 3.09. The Labute approximate surface area is 119 Å². The SMILES string of the molecule is Nc1ccc(Nc2ccccc2)c2ncc(Br)cc12. The second-order valence-corrected chi connectivity index (χ2v) is 5.16. The zero-order valence-corrected chi connectivity index (χ0v) is 11.7. The molecule has 2 aromatic carbocycles. The number of nitrogens with two attached hydrogens (primary N) is 1. The molecule has 0 saturated carbocycles. The van der Waals surface area contributed by atoms with Crippen LogP contribution in [0.15, 0.2) is 59.2 Å². The normalized spacial score (nSPS) is 10.6. The molecule has 0 unspecified atom stereocenters. The maximum Gasteiger partial charge on any atom is 0.0958 e. The highest BCUT2D eigenvalue weighted by Crippen LogP contribution is 2.30. The summed E-state index contributed by atoms with van der Waals surface area (Å²) in [6.07, 6.45) is 1.78. The zero-order valence-electron chi connectivity index (χ0n) is 10.1. The first-order chi connectivity index (χ1) is 9.24. The van der Waals surface area contributed by atoms with Crippen LogP contribution in [-0.4, -0.2) is 4.98 Å². The molecular weight excluding hydrogens is 302 g/mol. The molecule has 1 heterocycles. The van der Waals surface area contributed by atoms with Gasteiger partial charge in [-0.25, -0.2) is 0 Å². The van der Waals surface area contributed by atoms with Crippen LogP contribution in [0.3, 0.4) is 0 Å². The molecule has 0 aliphatic rings. The number of pyridine rings is 1. The maximum atomic E-state index is 6.00. The van der Waals surface area contributed by atoms with Crippen LogP contribution in [0.1, 0.15) is 0 Å². The number of anilines is 3. The highest BCUT2D eigenvalue weighted by atomic mass is 79.9. The lowest BCUT2D eigenvalue weighted by Crippen LogP contribution is -1.95. The molecule has 19 heavy (non-hydrogen) atoms. The number of nitrogens with zero attached hydrogens (tertiary/aromatic N) is 1. The summed E-state index contributed by atoms with van der Waals surface area (Å²) in [5, 5.41) is 4.30. The van der Waals surface area contributed by atoms with E-state index in [0.29, 0.717) is 0 Å². The Balaban J connectivity index is 2.12. The first-order valence-corrected chi connectivity index (χ1v) is 6.69. The molecular formula is C15H12BrN3. The van der Waals surface area contributed by atoms with Gasteiger partial charge in [0, 0.05) is 27.4 Å². The Morgan fingerprint density at radius 2 is 1.84 bits per heavy atom. The minimum atomic E-state index is 0.724. The van der Waals surface area contributed by atoms with E-state index in [0.717, 1.165) is 32.4 Å². The van der Waals surface area contributed by atoms with Gasteiger partial charge in [-0.2, -0.15) is 0 Å². The highest BCUT2D eigenvalue weighted by molar-refractivity contribution is 9.10. The Hall–Kier alpha value is -2.07. The second-order valence-electron chi connectivity index (χ2n) is 4.24. The number of hydrogen-bond donors (Lipinski definition) is 2. The average Bonchev–Trinajstić information content (AvgIpc) is 2.43. The van der Waals surface area contributed by atoms with Gasteiger partial charge in [-0.15, -0.1) is 0 Å². The fourth-order valence-corrected chi connectivity index (χ4v) is 2.32. The summed E-state index contributed by atoms with van der Waals surface area (Å²) in [4.78, 5) is 4.45. The largest absolute Gasteiger partial charge is 0.398 e. The van der Waals surface area contributed by atoms with Crippen molar-refractivity contribution < 1.29 is 0 Å².